The van der Waals surface area contributed by atoms with E-state index in [1.807, 2.05) is 0 Å². The van der Waals surface area contributed by atoms with Gasteiger partial charge in [-0.05, 0) is 37.5 Å². The second-order valence-electron chi connectivity index (χ2n) is 6.21. The maximum atomic E-state index is 11.7. The molecule has 0 N–H and O–H groups in total. The highest BCUT2D eigenvalue weighted by Gasteiger charge is 2.41. The van der Waals surface area contributed by atoms with E-state index in [0.717, 1.165) is 45.2 Å². The van der Waals surface area contributed by atoms with Crippen molar-refractivity contribution in [3.05, 3.63) is 0 Å². The highest BCUT2D eigenvalue weighted by atomic mass is 16.6. The molecular formula is C15H25NO4. The fourth-order valence-electron chi connectivity index (χ4n) is 3.71. The second kappa shape index (κ2) is 6.87. The molecule has 0 aromatic heterocycles. The zero-order valence-electron chi connectivity index (χ0n) is 12.1. The number of carbonyl (C=O) groups is 1. The predicted molar refractivity (Wildman–Crippen MR) is 73.4 cm³/mol. The first-order chi connectivity index (χ1) is 9.81. The van der Waals surface area contributed by atoms with Crippen LogP contribution in [0.25, 0.3) is 0 Å². The standard InChI is InChI=1S/C15H25NO4/c17-15(20-14-10-12-1-2-13(14)9-12)11-19-8-5-16-3-6-18-7-4-16/h12-14H,1-11H2. The van der Waals surface area contributed by atoms with Crippen LogP contribution in [0.3, 0.4) is 0 Å². The topological polar surface area (TPSA) is 48.0 Å². The molecule has 1 heterocycles. The van der Waals surface area contributed by atoms with Crippen molar-refractivity contribution in [2.75, 3.05) is 46.1 Å². The molecule has 2 aliphatic carbocycles. The van der Waals surface area contributed by atoms with E-state index in [9.17, 15) is 4.79 Å². The van der Waals surface area contributed by atoms with Gasteiger partial charge in [0, 0.05) is 19.6 Å². The molecule has 1 saturated heterocycles. The molecule has 2 saturated carbocycles. The van der Waals surface area contributed by atoms with E-state index in [1.54, 1.807) is 0 Å². The van der Waals surface area contributed by atoms with Crippen molar-refractivity contribution in [3.8, 4) is 0 Å². The molecule has 0 spiro atoms. The second-order valence-corrected chi connectivity index (χ2v) is 6.21. The molecule has 3 atom stereocenters. The SMILES string of the molecule is O=C(COCCN1CCOCC1)OC1CC2CCC1C2. The Hall–Kier alpha value is -0.650. The molecule has 3 aliphatic rings. The van der Waals surface area contributed by atoms with Gasteiger partial charge in [-0.2, -0.15) is 0 Å². The van der Waals surface area contributed by atoms with E-state index < -0.39 is 0 Å². The number of ether oxygens (including phenoxy) is 3. The minimum Gasteiger partial charge on any atom is -0.460 e. The zero-order valence-corrected chi connectivity index (χ0v) is 12.1. The van der Waals surface area contributed by atoms with Gasteiger partial charge in [0.15, 0.2) is 0 Å². The van der Waals surface area contributed by atoms with Gasteiger partial charge in [-0.25, -0.2) is 4.79 Å². The van der Waals surface area contributed by atoms with Crippen LogP contribution >= 0.6 is 0 Å². The maximum absolute atomic E-state index is 11.7. The van der Waals surface area contributed by atoms with Crippen LogP contribution in [-0.2, 0) is 19.0 Å². The monoisotopic (exact) mass is 283 g/mol. The lowest BCUT2D eigenvalue weighted by molar-refractivity contribution is -0.157. The lowest BCUT2D eigenvalue weighted by Crippen LogP contribution is -2.38. The minimum absolute atomic E-state index is 0.0955. The summed E-state index contributed by atoms with van der Waals surface area (Å²) >= 11 is 0. The Morgan fingerprint density at radius 2 is 2.05 bits per heavy atom. The van der Waals surface area contributed by atoms with Gasteiger partial charge in [-0.3, -0.25) is 4.90 Å². The first kappa shape index (κ1) is 14.3. The molecule has 5 nitrogen and oxygen atoms in total. The number of hydrogen-bond acceptors (Lipinski definition) is 5. The van der Waals surface area contributed by atoms with Crippen LogP contribution in [-0.4, -0.2) is 63.0 Å². The molecule has 0 radical (unpaired) electrons. The fourth-order valence-corrected chi connectivity index (χ4v) is 3.71. The summed E-state index contributed by atoms with van der Waals surface area (Å²) in [6.07, 6.45) is 5.07. The van der Waals surface area contributed by atoms with Gasteiger partial charge in [0.2, 0.25) is 0 Å². The van der Waals surface area contributed by atoms with Crippen molar-refractivity contribution in [1.29, 1.82) is 0 Å². The summed E-state index contributed by atoms with van der Waals surface area (Å²) in [6.45, 7) is 5.06. The summed E-state index contributed by atoms with van der Waals surface area (Å²) in [4.78, 5) is 14.0. The summed E-state index contributed by atoms with van der Waals surface area (Å²) in [6, 6.07) is 0. The lowest BCUT2D eigenvalue weighted by atomic mass is 9.98. The fraction of sp³-hybridized carbons (Fsp3) is 0.933. The number of hydrogen-bond donors (Lipinski definition) is 0. The van der Waals surface area contributed by atoms with Crippen molar-refractivity contribution in [2.45, 2.75) is 31.8 Å². The van der Waals surface area contributed by atoms with Crippen LogP contribution in [0.5, 0.6) is 0 Å². The third-order valence-corrected chi connectivity index (χ3v) is 4.83. The van der Waals surface area contributed by atoms with E-state index in [1.165, 1.54) is 19.3 Å². The van der Waals surface area contributed by atoms with Gasteiger partial charge in [0.25, 0.3) is 0 Å². The van der Waals surface area contributed by atoms with Crippen LogP contribution in [0, 0.1) is 11.8 Å². The number of carbonyl (C=O) groups excluding carboxylic acids is 1. The van der Waals surface area contributed by atoms with E-state index in [2.05, 4.69) is 4.90 Å². The van der Waals surface area contributed by atoms with Gasteiger partial charge >= 0.3 is 5.97 Å². The first-order valence-electron chi connectivity index (χ1n) is 7.88. The number of esters is 1. The van der Waals surface area contributed by atoms with Crippen molar-refractivity contribution < 1.29 is 19.0 Å². The Kier molecular flexibility index (Phi) is 4.91. The third-order valence-electron chi connectivity index (χ3n) is 4.83. The predicted octanol–water partition coefficient (Wildman–Crippen LogP) is 1.07. The molecule has 0 aromatic rings. The smallest absolute Gasteiger partial charge is 0.332 e. The zero-order chi connectivity index (χ0) is 13.8. The van der Waals surface area contributed by atoms with E-state index >= 15 is 0 Å². The molecule has 114 valence electrons. The number of fused-ring (bicyclic) bond motifs is 2. The molecular weight excluding hydrogens is 258 g/mol. The van der Waals surface area contributed by atoms with Gasteiger partial charge in [-0.1, -0.05) is 0 Å². The van der Waals surface area contributed by atoms with Crippen LogP contribution in [0.15, 0.2) is 0 Å². The van der Waals surface area contributed by atoms with Crippen LogP contribution in [0.2, 0.25) is 0 Å². The summed E-state index contributed by atoms with van der Waals surface area (Å²) < 4.78 is 16.3. The van der Waals surface area contributed by atoms with Crippen molar-refractivity contribution in [1.82, 2.24) is 4.90 Å². The minimum atomic E-state index is -0.190. The molecule has 3 unspecified atom stereocenters. The van der Waals surface area contributed by atoms with E-state index in [0.29, 0.717) is 12.5 Å². The Balaban J connectivity index is 1.26. The molecule has 20 heavy (non-hydrogen) atoms. The Bertz CT molecular complexity index is 330. The van der Waals surface area contributed by atoms with E-state index in [-0.39, 0.29) is 18.7 Å². The Morgan fingerprint density at radius 1 is 1.20 bits per heavy atom. The molecule has 0 aromatic carbocycles. The van der Waals surface area contributed by atoms with Crippen LogP contribution in [0.1, 0.15) is 25.7 Å². The Morgan fingerprint density at radius 3 is 2.75 bits per heavy atom. The molecule has 0 amide bonds. The number of morpholine rings is 1. The number of rotatable bonds is 6. The van der Waals surface area contributed by atoms with E-state index in [4.69, 9.17) is 14.2 Å². The normalized spacial score (nSPS) is 33.5. The quantitative estimate of drug-likeness (QED) is 0.539. The summed E-state index contributed by atoms with van der Waals surface area (Å²) in [5.74, 6) is 1.24. The summed E-state index contributed by atoms with van der Waals surface area (Å²) in [5, 5.41) is 0. The van der Waals surface area contributed by atoms with Crippen LogP contribution < -0.4 is 0 Å². The molecule has 5 heteroatoms. The highest BCUT2D eigenvalue weighted by Crippen LogP contribution is 2.45. The van der Waals surface area contributed by atoms with Crippen molar-refractivity contribution >= 4 is 5.97 Å². The molecule has 3 rings (SSSR count). The first-order valence-corrected chi connectivity index (χ1v) is 7.88. The lowest BCUT2D eigenvalue weighted by Gasteiger charge is -2.26. The molecule has 3 fully saturated rings. The average molecular weight is 283 g/mol. The van der Waals surface area contributed by atoms with Gasteiger partial charge in [0.1, 0.15) is 12.7 Å². The largest absolute Gasteiger partial charge is 0.460 e. The van der Waals surface area contributed by atoms with Crippen molar-refractivity contribution in [3.63, 3.8) is 0 Å². The number of nitrogens with zero attached hydrogens (tertiary/aromatic N) is 1. The summed E-state index contributed by atoms with van der Waals surface area (Å²) in [7, 11) is 0. The third kappa shape index (κ3) is 3.71. The summed E-state index contributed by atoms with van der Waals surface area (Å²) in [5.41, 5.74) is 0. The van der Waals surface area contributed by atoms with Gasteiger partial charge in [-0.15, -0.1) is 0 Å². The molecule has 2 bridgehead atoms. The van der Waals surface area contributed by atoms with Gasteiger partial charge in [0.05, 0.1) is 19.8 Å². The highest BCUT2D eigenvalue weighted by molar-refractivity contribution is 5.71. The van der Waals surface area contributed by atoms with Gasteiger partial charge < -0.3 is 14.2 Å². The Labute approximate surface area is 120 Å². The average Bonchev–Trinajstić information content (AvgIpc) is 3.07. The van der Waals surface area contributed by atoms with Crippen molar-refractivity contribution in [2.24, 2.45) is 11.8 Å². The van der Waals surface area contributed by atoms with Crippen LogP contribution in [0.4, 0.5) is 0 Å². The molecule has 1 aliphatic heterocycles. The maximum Gasteiger partial charge on any atom is 0.332 e.